The van der Waals surface area contributed by atoms with Gasteiger partial charge in [0, 0.05) is 20.3 Å². The molecule has 0 atom stereocenters. The van der Waals surface area contributed by atoms with Crippen LogP contribution in [0.2, 0.25) is 5.02 Å². The molecule has 0 saturated carbocycles. The van der Waals surface area contributed by atoms with Gasteiger partial charge in [-0.05, 0) is 57.0 Å². The number of halogens is 2. The minimum absolute atomic E-state index is 0.727. The first kappa shape index (κ1) is 15.0. The molecule has 3 heteroatoms. The molecule has 1 nitrogen and oxygen atoms in total. The Morgan fingerprint density at radius 1 is 0.720 bits per heavy atom. The highest BCUT2D eigenvalue weighted by molar-refractivity contribution is 9.10. The van der Waals surface area contributed by atoms with Gasteiger partial charge >= 0.3 is 0 Å². The number of rotatable bonds is 1. The van der Waals surface area contributed by atoms with Crippen molar-refractivity contribution in [2.75, 3.05) is 0 Å². The van der Waals surface area contributed by atoms with Gasteiger partial charge in [0.15, 0.2) is 0 Å². The van der Waals surface area contributed by atoms with Crippen molar-refractivity contribution in [1.82, 2.24) is 4.57 Å². The maximum absolute atomic E-state index is 6.30. The van der Waals surface area contributed by atoms with Crippen LogP contribution in [0.1, 0.15) is 0 Å². The van der Waals surface area contributed by atoms with Crippen LogP contribution in [0.3, 0.4) is 0 Å². The van der Waals surface area contributed by atoms with Gasteiger partial charge in [-0.25, -0.2) is 0 Å². The highest BCUT2D eigenvalue weighted by Gasteiger charge is 2.15. The van der Waals surface area contributed by atoms with E-state index in [0.717, 1.165) is 15.2 Å². The Bertz CT molecular complexity index is 1270. The number of hydrogen-bond acceptors (Lipinski definition) is 0. The van der Waals surface area contributed by atoms with Gasteiger partial charge < -0.3 is 4.57 Å². The Morgan fingerprint density at radius 3 is 2.36 bits per heavy atom. The van der Waals surface area contributed by atoms with Crippen LogP contribution in [-0.4, -0.2) is 4.57 Å². The van der Waals surface area contributed by atoms with Gasteiger partial charge in [0.25, 0.3) is 0 Å². The zero-order valence-corrected chi connectivity index (χ0v) is 15.6. The molecule has 4 aromatic carbocycles. The van der Waals surface area contributed by atoms with E-state index in [9.17, 15) is 0 Å². The quantitative estimate of drug-likeness (QED) is 0.274. The van der Waals surface area contributed by atoms with Crippen LogP contribution in [0, 0.1) is 0 Å². The number of fused-ring (bicyclic) bond motifs is 5. The van der Waals surface area contributed by atoms with E-state index < -0.39 is 0 Å². The van der Waals surface area contributed by atoms with Gasteiger partial charge in [0.1, 0.15) is 0 Å². The average molecular weight is 407 g/mol. The van der Waals surface area contributed by atoms with E-state index in [1.165, 1.54) is 32.6 Å². The summed E-state index contributed by atoms with van der Waals surface area (Å²) < 4.78 is 3.31. The summed E-state index contributed by atoms with van der Waals surface area (Å²) in [5.41, 5.74) is 3.41. The van der Waals surface area contributed by atoms with Crippen LogP contribution in [0.5, 0.6) is 0 Å². The molecule has 0 aliphatic rings. The molecule has 25 heavy (non-hydrogen) atoms. The first-order valence-electron chi connectivity index (χ1n) is 8.10. The van der Waals surface area contributed by atoms with Gasteiger partial charge in [-0.3, -0.25) is 0 Å². The largest absolute Gasteiger partial charge is 0.308 e. The minimum Gasteiger partial charge on any atom is -0.308 e. The number of hydrogen-bond donors (Lipinski definition) is 0. The third kappa shape index (κ3) is 2.21. The third-order valence-corrected chi connectivity index (χ3v) is 5.62. The molecule has 0 radical (unpaired) electrons. The lowest BCUT2D eigenvalue weighted by molar-refractivity contribution is 1.17. The SMILES string of the molecule is Clc1ccc(Br)c(-n2c3ccccc3c3c4ccccc4ccc32)c1. The van der Waals surface area contributed by atoms with Crippen LogP contribution < -0.4 is 0 Å². The first-order chi connectivity index (χ1) is 12.2. The van der Waals surface area contributed by atoms with Crippen LogP contribution >= 0.6 is 27.5 Å². The predicted octanol–water partition coefficient (Wildman–Crippen LogP) is 7.35. The van der Waals surface area contributed by atoms with Crippen LogP contribution in [0.25, 0.3) is 38.3 Å². The van der Waals surface area contributed by atoms with Crippen LogP contribution in [0.4, 0.5) is 0 Å². The number of benzene rings is 4. The summed E-state index contributed by atoms with van der Waals surface area (Å²) in [7, 11) is 0. The molecule has 0 aliphatic heterocycles. The maximum Gasteiger partial charge on any atom is 0.0619 e. The molecule has 5 aromatic rings. The Balaban J connectivity index is 2.05. The molecule has 0 spiro atoms. The summed E-state index contributed by atoms with van der Waals surface area (Å²) in [5.74, 6) is 0. The minimum atomic E-state index is 0.727. The Kier molecular flexibility index (Phi) is 3.37. The second kappa shape index (κ2) is 5.62. The molecule has 0 bridgehead atoms. The van der Waals surface area contributed by atoms with Crippen molar-refractivity contribution < 1.29 is 0 Å². The summed E-state index contributed by atoms with van der Waals surface area (Å²) in [5, 5.41) is 5.78. The van der Waals surface area contributed by atoms with Gasteiger partial charge in [-0.1, -0.05) is 60.1 Å². The standard InChI is InChI=1S/C22H13BrClN/c23-18-11-10-15(24)13-21(18)25-19-8-4-3-7-17(19)22-16-6-2-1-5-14(16)9-12-20(22)25/h1-13H. The fourth-order valence-electron chi connectivity index (χ4n) is 3.66. The lowest BCUT2D eigenvalue weighted by Crippen LogP contribution is -1.95. The molecular formula is C22H13BrClN. The lowest BCUT2D eigenvalue weighted by atomic mass is 10.0. The van der Waals surface area contributed by atoms with Crippen molar-refractivity contribution in [2.45, 2.75) is 0 Å². The van der Waals surface area contributed by atoms with Crippen molar-refractivity contribution in [2.24, 2.45) is 0 Å². The van der Waals surface area contributed by atoms with E-state index in [4.69, 9.17) is 11.6 Å². The first-order valence-corrected chi connectivity index (χ1v) is 9.27. The number of para-hydroxylation sites is 1. The van der Waals surface area contributed by atoms with E-state index in [1.54, 1.807) is 0 Å². The summed E-state index contributed by atoms with van der Waals surface area (Å²) in [6, 6.07) is 27.4. The zero-order chi connectivity index (χ0) is 17.0. The van der Waals surface area contributed by atoms with Gasteiger partial charge in [0.05, 0.1) is 16.7 Å². The van der Waals surface area contributed by atoms with Crippen molar-refractivity contribution in [3.63, 3.8) is 0 Å². The van der Waals surface area contributed by atoms with E-state index in [0.29, 0.717) is 0 Å². The van der Waals surface area contributed by atoms with Crippen molar-refractivity contribution in [3.8, 4) is 5.69 Å². The second-order valence-corrected chi connectivity index (χ2v) is 7.42. The Hall–Kier alpha value is -2.29. The molecule has 0 N–H and O–H groups in total. The second-order valence-electron chi connectivity index (χ2n) is 6.13. The number of aromatic nitrogens is 1. The predicted molar refractivity (Wildman–Crippen MR) is 111 cm³/mol. The summed E-state index contributed by atoms with van der Waals surface area (Å²) in [6.07, 6.45) is 0. The molecule has 0 fully saturated rings. The normalized spacial score (nSPS) is 11.6. The van der Waals surface area contributed by atoms with E-state index >= 15 is 0 Å². The molecular weight excluding hydrogens is 394 g/mol. The summed E-state index contributed by atoms with van der Waals surface area (Å²) in [4.78, 5) is 0. The Labute approximate surface area is 158 Å². The molecule has 120 valence electrons. The van der Waals surface area contributed by atoms with E-state index in [-0.39, 0.29) is 0 Å². The molecule has 1 heterocycles. The monoisotopic (exact) mass is 405 g/mol. The van der Waals surface area contributed by atoms with E-state index in [1.807, 2.05) is 18.2 Å². The maximum atomic E-state index is 6.30. The van der Waals surface area contributed by atoms with Gasteiger partial charge in [-0.2, -0.15) is 0 Å². The Morgan fingerprint density at radius 2 is 1.48 bits per heavy atom. The molecule has 0 unspecified atom stereocenters. The highest BCUT2D eigenvalue weighted by Crippen LogP contribution is 2.38. The molecule has 5 rings (SSSR count). The van der Waals surface area contributed by atoms with Crippen LogP contribution in [0.15, 0.2) is 83.3 Å². The molecule has 0 aliphatic carbocycles. The smallest absolute Gasteiger partial charge is 0.0619 e. The summed E-state index contributed by atoms with van der Waals surface area (Å²) in [6.45, 7) is 0. The molecule has 0 saturated heterocycles. The van der Waals surface area contributed by atoms with Gasteiger partial charge in [0.2, 0.25) is 0 Å². The molecule has 0 amide bonds. The van der Waals surface area contributed by atoms with Gasteiger partial charge in [-0.15, -0.1) is 0 Å². The lowest BCUT2D eigenvalue weighted by Gasteiger charge is -2.11. The fraction of sp³-hybridized carbons (Fsp3) is 0. The topological polar surface area (TPSA) is 4.93 Å². The third-order valence-electron chi connectivity index (χ3n) is 4.71. The van der Waals surface area contributed by atoms with Crippen molar-refractivity contribution >= 4 is 60.1 Å². The fourth-order valence-corrected chi connectivity index (χ4v) is 4.25. The zero-order valence-electron chi connectivity index (χ0n) is 13.2. The highest BCUT2D eigenvalue weighted by atomic mass is 79.9. The van der Waals surface area contributed by atoms with Crippen LogP contribution in [-0.2, 0) is 0 Å². The summed E-state index contributed by atoms with van der Waals surface area (Å²) >= 11 is 9.99. The van der Waals surface area contributed by atoms with Crippen molar-refractivity contribution in [1.29, 1.82) is 0 Å². The van der Waals surface area contributed by atoms with Crippen molar-refractivity contribution in [3.05, 3.63) is 88.4 Å². The molecule has 1 aromatic heterocycles. The average Bonchev–Trinajstić information content (AvgIpc) is 2.98. The number of nitrogens with zero attached hydrogens (tertiary/aromatic N) is 1. The van der Waals surface area contributed by atoms with E-state index in [2.05, 4.69) is 81.2 Å².